The third-order valence-corrected chi connectivity index (χ3v) is 5.19. The van der Waals surface area contributed by atoms with Gasteiger partial charge >= 0.3 is 0 Å². The highest BCUT2D eigenvalue weighted by Gasteiger charge is 2.34. The average Bonchev–Trinajstić information content (AvgIpc) is 3.02. The van der Waals surface area contributed by atoms with Gasteiger partial charge in [-0.2, -0.15) is 0 Å². The van der Waals surface area contributed by atoms with E-state index in [0.29, 0.717) is 16.5 Å². The van der Waals surface area contributed by atoms with Gasteiger partial charge in [-0.25, -0.2) is 4.68 Å². The number of nitrogens with zero attached hydrogens (tertiary/aromatic N) is 4. The summed E-state index contributed by atoms with van der Waals surface area (Å²) < 4.78 is 1.51. The van der Waals surface area contributed by atoms with Crippen LogP contribution in [-0.2, 0) is 12.8 Å². The molecule has 2 N–H and O–H groups in total. The van der Waals surface area contributed by atoms with Crippen molar-refractivity contribution >= 4 is 23.3 Å². The van der Waals surface area contributed by atoms with Gasteiger partial charge in [-0.1, -0.05) is 23.9 Å². The van der Waals surface area contributed by atoms with Crippen molar-refractivity contribution in [1.82, 2.24) is 20.2 Å². The number of aryl methyl sites for hydroxylation is 1. The largest absolute Gasteiger partial charge is 0.507 e. The second-order valence-corrected chi connectivity index (χ2v) is 6.71. The van der Waals surface area contributed by atoms with Crippen molar-refractivity contribution in [2.24, 2.45) is 7.05 Å². The first kappa shape index (κ1) is 16.3. The number of aromatic hydroxyl groups is 2. The van der Waals surface area contributed by atoms with Crippen LogP contribution in [0.3, 0.4) is 0 Å². The van der Waals surface area contributed by atoms with Crippen LogP contribution in [0.15, 0.2) is 35.5 Å². The molecule has 8 nitrogen and oxygen atoms in total. The van der Waals surface area contributed by atoms with Gasteiger partial charge in [-0.05, 0) is 34.2 Å². The Bertz CT molecular complexity index is 1080. The van der Waals surface area contributed by atoms with E-state index >= 15 is 0 Å². The molecule has 0 saturated carbocycles. The first-order valence-electron chi connectivity index (χ1n) is 7.59. The maximum atomic E-state index is 12.8. The van der Waals surface area contributed by atoms with E-state index < -0.39 is 11.6 Å². The average molecular weight is 368 g/mol. The van der Waals surface area contributed by atoms with Crippen molar-refractivity contribution in [3.8, 4) is 11.5 Å². The van der Waals surface area contributed by atoms with Crippen molar-refractivity contribution in [2.75, 3.05) is 0 Å². The molecule has 0 amide bonds. The molecule has 9 heteroatoms. The highest BCUT2D eigenvalue weighted by Crippen LogP contribution is 2.37. The Kier molecular flexibility index (Phi) is 3.73. The summed E-state index contributed by atoms with van der Waals surface area (Å²) in [5.41, 5.74) is 0.744. The lowest BCUT2D eigenvalue weighted by Crippen LogP contribution is -2.21. The molecule has 0 radical (unpaired) electrons. The third-order valence-electron chi connectivity index (χ3n) is 4.11. The van der Waals surface area contributed by atoms with Gasteiger partial charge in [-0.3, -0.25) is 9.59 Å². The highest BCUT2D eigenvalue weighted by atomic mass is 32.2. The molecule has 1 aliphatic rings. The number of thioether (sulfide) groups is 1. The normalized spacial score (nSPS) is 12.8. The van der Waals surface area contributed by atoms with Crippen LogP contribution in [0.25, 0.3) is 0 Å². The van der Waals surface area contributed by atoms with E-state index in [1.807, 2.05) is 0 Å². The second-order valence-electron chi connectivity index (χ2n) is 5.77. The zero-order chi connectivity index (χ0) is 18.4. The number of benzene rings is 2. The van der Waals surface area contributed by atoms with Crippen LogP contribution in [0, 0.1) is 0 Å². The second kappa shape index (κ2) is 5.95. The first-order valence-corrected chi connectivity index (χ1v) is 8.58. The maximum absolute atomic E-state index is 12.8. The summed E-state index contributed by atoms with van der Waals surface area (Å²) in [6.07, 6.45) is 0. The fourth-order valence-corrected chi connectivity index (χ4v) is 3.70. The summed E-state index contributed by atoms with van der Waals surface area (Å²) in [5.74, 6) is -1.14. The van der Waals surface area contributed by atoms with Crippen LogP contribution in [-0.4, -0.2) is 42.0 Å². The van der Waals surface area contributed by atoms with Crippen molar-refractivity contribution in [3.63, 3.8) is 0 Å². The molecule has 0 aliphatic heterocycles. The van der Waals surface area contributed by atoms with Crippen molar-refractivity contribution in [1.29, 1.82) is 0 Å². The van der Waals surface area contributed by atoms with E-state index in [9.17, 15) is 19.8 Å². The van der Waals surface area contributed by atoms with E-state index in [4.69, 9.17) is 0 Å². The van der Waals surface area contributed by atoms with Gasteiger partial charge in [0.2, 0.25) is 10.9 Å². The zero-order valence-electron chi connectivity index (χ0n) is 13.5. The van der Waals surface area contributed by atoms with Crippen molar-refractivity contribution in [3.05, 3.63) is 58.1 Å². The molecule has 3 aromatic rings. The molecule has 130 valence electrons. The van der Waals surface area contributed by atoms with E-state index in [1.54, 1.807) is 13.1 Å². The molecule has 0 fully saturated rings. The molecular formula is C17H12N4O4S. The number of aromatic nitrogens is 4. The Morgan fingerprint density at radius 3 is 2.54 bits per heavy atom. The number of ketones is 2. The molecule has 0 bridgehead atoms. The first-order chi connectivity index (χ1) is 12.5. The fraction of sp³-hybridized carbons (Fsp3) is 0.118. The molecule has 0 unspecified atom stereocenters. The molecule has 1 heterocycles. The minimum atomic E-state index is -0.568. The monoisotopic (exact) mass is 368 g/mol. The summed E-state index contributed by atoms with van der Waals surface area (Å²) in [4.78, 5) is 25.5. The lowest BCUT2D eigenvalue weighted by molar-refractivity contribution is 0.0974. The van der Waals surface area contributed by atoms with Crippen LogP contribution >= 0.6 is 11.8 Å². The van der Waals surface area contributed by atoms with E-state index in [-0.39, 0.29) is 33.8 Å². The molecule has 1 aliphatic carbocycles. The standard InChI is InChI=1S/C17H12N4O4S/c1-21-17(18-19-20-21)26-7-8-5-10-14(12(23)6-8)16(25)13-9(15(10)24)3-2-4-11(13)22/h2-6,22-23H,7H2,1H3. The molecule has 0 atom stereocenters. The number of fused-ring (bicyclic) bond motifs is 2. The predicted octanol–water partition coefficient (Wildman–Crippen LogP) is 1.69. The van der Waals surface area contributed by atoms with E-state index in [1.165, 1.54) is 40.7 Å². The summed E-state index contributed by atoms with van der Waals surface area (Å²) in [5, 5.41) is 32.0. The molecule has 0 spiro atoms. The van der Waals surface area contributed by atoms with Gasteiger partial charge in [0.15, 0.2) is 5.78 Å². The fourth-order valence-electron chi connectivity index (χ4n) is 2.92. The van der Waals surface area contributed by atoms with Gasteiger partial charge in [0.25, 0.3) is 0 Å². The van der Waals surface area contributed by atoms with Gasteiger partial charge in [0.05, 0.1) is 11.1 Å². The van der Waals surface area contributed by atoms with Crippen LogP contribution in [0.1, 0.15) is 37.4 Å². The van der Waals surface area contributed by atoms with Crippen LogP contribution in [0.2, 0.25) is 0 Å². The Labute approximate surface area is 151 Å². The number of hydrogen-bond donors (Lipinski definition) is 2. The summed E-state index contributed by atoms with van der Waals surface area (Å²) in [6, 6.07) is 7.35. The number of rotatable bonds is 3. The topological polar surface area (TPSA) is 118 Å². The van der Waals surface area contributed by atoms with Crippen LogP contribution < -0.4 is 0 Å². The molecule has 1 aromatic heterocycles. The maximum Gasteiger partial charge on any atom is 0.209 e. The van der Waals surface area contributed by atoms with Gasteiger partial charge in [0.1, 0.15) is 11.5 Å². The molecule has 26 heavy (non-hydrogen) atoms. The number of phenols is 2. The van der Waals surface area contributed by atoms with Gasteiger partial charge < -0.3 is 10.2 Å². The Balaban J connectivity index is 1.75. The molecular weight excluding hydrogens is 356 g/mol. The number of hydrogen-bond acceptors (Lipinski definition) is 8. The summed E-state index contributed by atoms with van der Waals surface area (Å²) >= 11 is 1.34. The van der Waals surface area contributed by atoms with Crippen molar-refractivity contribution in [2.45, 2.75) is 10.9 Å². The Hall–Kier alpha value is -3.20. The quantitative estimate of drug-likeness (QED) is 0.525. The van der Waals surface area contributed by atoms with Crippen molar-refractivity contribution < 1.29 is 19.8 Å². The SMILES string of the molecule is Cn1nnnc1SCc1cc(O)c2c(c1)C(=O)c1cccc(O)c1C2=O. The summed E-state index contributed by atoms with van der Waals surface area (Å²) in [6.45, 7) is 0. The summed E-state index contributed by atoms with van der Waals surface area (Å²) in [7, 11) is 1.71. The number of carbonyl (C=O) groups is 2. The minimum absolute atomic E-state index is 0.0763. The third kappa shape index (κ3) is 2.44. The smallest absolute Gasteiger partial charge is 0.209 e. The molecule has 0 saturated heterocycles. The van der Waals surface area contributed by atoms with Crippen LogP contribution in [0.5, 0.6) is 11.5 Å². The molecule has 2 aromatic carbocycles. The minimum Gasteiger partial charge on any atom is -0.507 e. The van der Waals surface area contributed by atoms with E-state index in [0.717, 1.165) is 0 Å². The number of tetrazole rings is 1. The Morgan fingerprint density at radius 2 is 1.81 bits per heavy atom. The zero-order valence-corrected chi connectivity index (χ0v) is 14.3. The van der Waals surface area contributed by atoms with Crippen LogP contribution in [0.4, 0.5) is 0 Å². The van der Waals surface area contributed by atoms with E-state index in [2.05, 4.69) is 15.5 Å². The Morgan fingerprint density at radius 1 is 1.04 bits per heavy atom. The predicted molar refractivity (Wildman–Crippen MR) is 91.4 cm³/mol. The van der Waals surface area contributed by atoms with Gasteiger partial charge in [-0.15, -0.1) is 5.10 Å². The lowest BCUT2D eigenvalue weighted by Gasteiger charge is -2.20. The lowest BCUT2D eigenvalue weighted by atomic mass is 9.82. The van der Waals surface area contributed by atoms with Gasteiger partial charge in [0, 0.05) is 23.9 Å². The number of carbonyl (C=O) groups excluding carboxylic acids is 2. The number of phenolic OH excluding ortho intramolecular Hbond substituents is 2. The molecule has 4 rings (SSSR count). The highest BCUT2D eigenvalue weighted by molar-refractivity contribution is 7.98.